The van der Waals surface area contributed by atoms with Crippen LogP contribution in [0.1, 0.15) is 36.5 Å². The van der Waals surface area contributed by atoms with Gasteiger partial charge in [-0.3, -0.25) is 5.41 Å². The number of hydrogen-bond acceptors (Lipinski definition) is 5. The zero-order valence-corrected chi connectivity index (χ0v) is 17.3. The van der Waals surface area contributed by atoms with Crippen molar-refractivity contribution in [2.75, 3.05) is 12.3 Å². The van der Waals surface area contributed by atoms with E-state index < -0.39 is 10.0 Å². The molecule has 9 nitrogen and oxygen atoms in total. The minimum absolute atomic E-state index is 0.0177. The molecular formula is C20H23N7O2S. The number of fused-ring (bicyclic) bond motifs is 2. The Bertz CT molecular complexity index is 1290. The monoisotopic (exact) mass is 425 g/mol. The van der Waals surface area contributed by atoms with Crippen molar-refractivity contribution in [2.45, 2.75) is 19.3 Å². The van der Waals surface area contributed by atoms with Crippen LogP contribution in [0.5, 0.6) is 0 Å². The number of imidazole rings is 2. The number of nitrogens with one attached hydrogen (secondary N) is 4. The second-order valence-corrected chi connectivity index (χ2v) is 9.14. The van der Waals surface area contributed by atoms with E-state index in [9.17, 15) is 8.42 Å². The van der Waals surface area contributed by atoms with Gasteiger partial charge < -0.3 is 15.7 Å². The van der Waals surface area contributed by atoms with Crippen molar-refractivity contribution >= 4 is 37.9 Å². The maximum Gasteiger partial charge on any atom is 0.211 e. The van der Waals surface area contributed by atoms with Crippen LogP contribution in [-0.2, 0) is 10.0 Å². The molecule has 2 aromatic carbocycles. The number of para-hydroxylation sites is 2. The smallest absolute Gasteiger partial charge is 0.211 e. The molecule has 0 aliphatic heterocycles. The third-order valence-corrected chi connectivity index (χ3v) is 6.42. The number of amidine groups is 1. The van der Waals surface area contributed by atoms with Crippen LogP contribution >= 0.6 is 0 Å². The molecule has 0 saturated carbocycles. The minimum Gasteiger partial charge on any atom is -0.384 e. The summed E-state index contributed by atoms with van der Waals surface area (Å²) in [6.45, 7) is 1.86. The lowest BCUT2D eigenvalue weighted by molar-refractivity contribution is 0.571. The van der Waals surface area contributed by atoms with Crippen molar-refractivity contribution in [2.24, 2.45) is 5.73 Å². The molecular weight excluding hydrogens is 402 g/mol. The molecule has 0 aliphatic carbocycles. The Balaban J connectivity index is 1.72. The van der Waals surface area contributed by atoms with E-state index in [0.717, 1.165) is 22.1 Å². The van der Waals surface area contributed by atoms with Crippen LogP contribution in [-0.4, -0.2) is 46.5 Å². The minimum atomic E-state index is -3.29. The van der Waals surface area contributed by atoms with Gasteiger partial charge in [0.15, 0.2) is 0 Å². The summed E-state index contributed by atoms with van der Waals surface area (Å²) < 4.78 is 26.3. The van der Waals surface area contributed by atoms with Crippen molar-refractivity contribution in [3.05, 3.63) is 59.7 Å². The highest BCUT2D eigenvalue weighted by Gasteiger charge is 2.22. The molecule has 0 bridgehead atoms. The van der Waals surface area contributed by atoms with Gasteiger partial charge >= 0.3 is 0 Å². The lowest BCUT2D eigenvalue weighted by Gasteiger charge is -2.12. The van der Waals surface area contributed by atoms with Crippen LogP contribution in [0.15, 0.2) is 42.5 Å². The molecule has 0 fully saturated rings. The largest absolute Gasteiger partial charge is 0.384 e. The quantitative estimate of drug-likeness (QED) is 0.216. The third-order valence-electron chi connectivity index (χ3n) is 5.01. The average Bonchev–Trinajstić information content (AvgIpc) is 3.34. The summed E-state index contributed by atoms with van der Waals surface area (Å²) in [7, 11) is -3.29. The summed E-state index contributed by atoms with van der Waals surface area (Å²) in [5, 5.41) is 7.63. The second-order valence-electron chi connectivity index (χ2n) is 7.05. The molecule has 1 unspecified atom stereocenters. The standard InChI is InChI=1S/C20H23N7O2S/c1-2-30(28,29)23-10-9-13(19-24-14-5-3-4-6-15(14)25-19)20-26-16-8-7-12(18(21)22)11-17(16)27-20/h3-8,11,13,23H,2,9-10H2,1H3,(H3,21,22)(H,24,25)(H,26,27). The molecule has 10 heteroatoms. The summed E-state index contributed by atoms with van der Waals surface area (Å²) >= 11 is 0. The molecule has 0 saturated heterocycles. The molecule has 0 amide bonds. The van der Waals surface area contributed by atoms with E-state index in [1.54, 1.807) is 19.1 Å². The SMILES string of the molecule is CCS(=O)(=O)NCCC(c1nc2ccccc2[nH]1)c1nc2ccc(C(=N)N)cc2[nH]1. The van der Waals surface area contributed by atoms with Crippen molar-refractivity contribution in [3.8, 4) is 0 Å². The number of aromatic nitrogens is 4. The molecule has 1 atom stereocenters. The number of benzene rings is 2. The number of H-pyrrole nitrogens is 2. The first-order chi connectivity index (χ1) is 14.4. The number of nitrogen functional groups attached to an aromatic ring is 1. The fourth-order valence-electron chi connectivity index (χ4n) is 3.36. The first kappa shape index (κ1) is 20.0. The normalized spacial score (nSPS) is 13.1. The summed E-state index contributed by atoms with van der Waals surface area (Å²) in [6, 6.07) is 13.1. The lowest BCUT2D eigenvalue weighted by Crippen LogP contribution is -2.27. The molecule has 6 N–H and O–H groups in total. The highest BCUT2D eigenvalue weighted by atomic mass is 32.2. The first-order valence-electron chi connectivity index (χ1n) is 9.62. The average molecular weight is 426 g/mol. The van der Waals surface area contributed by atoms with Gasteiger partial charge in [0, 0.05) is 12.1 Å². The topological polar surface area (TPSA) is 153 Å². The van der Waals surface area contributed by atoms with Crippen molar-refractivity contribution in [1.82, 2.24) is 24.7 Å². The Morgan fingerprint density at radius 3 is 2.43 bits per heavy atom. The Kier molecular flexibility index (Phi) is 5.27. The fourth-order valence-corrected chi connectivity index (χ4v) is 4.00. The zero-order valence-electron chi connectivity index (χ0n) is 16.4. The van der Waals surface area contributed by atoms with Gasteiger partial charge in [0.2, 0.25) is 10.0 Å². The van der Waals surface area contributed by atoms with E-state index in [1.165, 1.54) is 0 Å². The molecule has 2 aromatic heterocycles. The lowest BCUT2D eigenvalue weighted by atomic mass is 10.0. The summed E-state index contributed by atoms with van der Waals surface area (Å²) in [5.41, 5.74) is 9.44. The highest BCUT2D eigenvalue weighted by Crippen LogP contribution is 2.28. The van der Waals surface area contributed by atoms with Crippen LogP contribution < -0.4 is 10.5 Å². The van der Waals surface area contributed by atoms with Crippen molar-refractivity contribution in [1.29, 1.82) is 5.41 Å². The Hall–Kier alpha value is -3.24. The molecule has 2 heterocycles. The van der Waals surface area contributed by atoms with Gasteiger partial charge in [-0.25, -0.2) is 23.1 Å². The predicted octanol–water partition coefficient (Wildman–Crippen LogP) is 2.18. The van der Waals surface area contributed by atoms with Crippen LogP contribution in [0.25, 0.3) is 22.1 Å². The van der Waals surface area contributed by atoms with Crippen molar-refractivity contribution in [3.63, 3.8) is 0 Å². The fraction of sp³-hybridized carbons (Fsp3) is 0.250. The number of aromatic amines is 2. The Morgan fingerprint density at radius 2 is 1.77 bits per heavy atom. The number of sulfonamides is 1. The first-order valence-corrected chi connectivity index (χ1v) is 11.3. The zero-order chi connectivity index (χ0) is 21.3. The Labute approximate surface area is 173 Å². The van der Waals surface area contributed by atoms with Crippen LogP contribution in [0.3, 0.4) is 0 Å². The molecule has 4 rings (SSSR count). The van der Waals surface area contributed by atoms with Gasteiger partial charge in [-0.2, -0.15) is 0 Å². The van der Waals surface area contributed by atoms with Gasteiger partial charge in [-0.05, 0) is 43.7 Å². The van der Waals surface area contributed by atoms with Crippen LogP contribution in [0.2, 0.25) is 0 Å². The molecule has 156 valence electrons. The van der Waals surface area contributed by atoms with E-state index in [1.807, 2.05) is 30.3 Å². The van der Waals surface area contributed by atoms with Crippen LogP contribution in [0, 0.1) is 5.41 Å². The van der Waals surface area contributed by atoms with Gasteiger partial charge in [-0.15, -0.1) is 0 Å². The van der Waals surface area contributed by atoms with E-state index in [0.29, 0.717) is 23.6 Å². The predicted molar refractivity (Wildman–Crippen MR) is 117 cm³/mol. The van der Waals surface area contributed by atoms with E-state index in [-0.39, 0.29) is 24.1 Å². The second kappa shape index (κ2) is 7.88. The number of rotatable bonds is 8. The van der Waals surface area contributed by atoms with Crippen molar-refractivity contribution < 1.29 is 8.42 Å². The van der Waals surface area contributed by atoms with Gasteiger partial charge in [0.25, 0.3) is 0 Å². The molecule has 0 aliphatic rings. The maximum absolute atomic E-state index is 11.8. The van der Waals surface area contributed by atoms with E-state index in [2.05, 4.69) is 14.7 Å². The molecule has 4 aromatic rings. The van der Waals surface area contributed by atoms with E-state index in [4.69, 9.17) is 21.1 Å². The number of nitrogens with two attached hydrogens (primary N) is 1. The van der Waals surface area contributed by atoms with Gasteiger partial charge in [-0.1, -0.05) is 12.1 Å². The Morgan fingerprint density at radius 1 is 1.10 bits per heavy atom. The summed E-state index contributed by atoms with van der Waals surface area (Å²) in [6.07, 6.45) is 0.471. The van der Waals surface area contributed by atoms with E-state index >= 15 is 0 Å². The van der Waals surface area contributed by atoms with Crippen LogP contribution in [0.4, 0.5) is 0 Å². The highest BCUT2D eigenvalue weighted by molar-refractivity contribution is 7.89. The molecule has 0 radical (unpaired) electrons. The molecule has 30 heavy (non-hydrogen) atoms. The molecule has 0 spiro atoms. The third kappa shape index (κ3) is 4.05. The number of hydrogen-bond donors (Lipinski definition) is 5. The van der Waals surface area contributed by atoms with Gasteiger partial charge in [0.1, 0.15) is 17.5 Å². The summed E-state index contributed by atoms with van der Waals surface area (Å²) in [5.74, 6) is 1.11. The maximum atomic E-state index is 11.8. The summed E-state index contributed by atoms with van der Waals surface area (Å²) in [4.78, 5) is 16.0. The van der Waals surface area contributed by atoms with Gasteiger partial charge in [0.05, 0.1) is 33.7 Å². The number of nitrogens with zero attached hydrogens (tertiary/aromatic N) is 2.